The Morgan fingerprint density at radius 1 is 1.25 bits per heavy atom. The van der Waals surface area contributed by atoms with Crippen molar-refractivity contribution in [1.82, 2.24) is 5.32 Å². The molecule has 5 heteroatoms. The first-order chi connectivity index (χ1) is 9.57. The van der Waals surface area contributed by atoms with E-state index in [1.807, 2.05) is 0 Å². The summed E-state index contributed by atoms with van der Waals surface area (Å²) in [5.41, 5.74) is 0. The van der Waals surface area contributed by atoms with Crippen LogP contribution in [0.2, 0.25) is 0 Å². The van der Waals surface area contributed by atoms with Crippen LogP contribution in [0.25, 0.3) is 0 Å². The summed E-state index contributed by atoms with van der Waals surface area (Å²) in [6, 6.07) is 7.03. The number of hydrogen-bond donors (Lipinski definition) is 1. The average Bonchev–Trinajstić information content (AvgIpc) is 2.48. The van der Waals surface area contributed by atoms with Crippen molar-refractivity contribution in [3.8, 4) is 5.75 Å². The van der Waals surface area contributed by atoms with E-state index in [2.05, 4.69) is 12.2 Å². The molecular formula is C15H23NO3S. The maximum Gasteiger partial charge on any atom is 0.181 e. The molecule has 0 saturated heterocycles. The summed E-state index contributed by atoms with van der Waals surface area (Å²) in [4.78, 5) is 0.403. The van der Waals surface area contributed by atoms with Gasteiger partial charge in [-0.15, -0.1) is 0 Å². The maximum absolute atomic E-state index is 12.7. The number of nitrogens with one attached hydrogen (secondary N) is 1. The Balaban J connectivity index is 2.16. The first-order valence-corrected chi connectivity index (χ1v) is 8.74. The van der Waals surface area contributed by atoms with Gasteiger partial charge in [-0.3, -0.25) is 0 Å². The minimum Gasteiger partial charge on any atom is -0.497 e. The van der Waals surface area contributed by atoms with Crippen LogP contribution in [0.1, 0.15) is 32.6 Å². The van der Waals surface area contributed by atoms with Gasteiger partial charge < -0.3 is 10.1 Å². The molecule has 2 rings (SSSR count). The molecule has 0 amide bonds. The third-order valence-electron chi connectivity index (χ3n) is 3.95. The number of hydrogen-bond acceptors (Lipinski definition) is 4. The van der Waals surface area contributed by atoms with E-state index in [0.29, 0.717) is 23.1 Å². The third kappa shape index (κ3) is 3.33. The lowest BCUT2D eigenvalue weighted by molar-refractivity contribution is 0.377. The van der Waals surface area contributed by atoms with Gasteiger partial charge in [-0.1, -0.05) is 13.3 Å². The van der Waals surface area contributed by atoms with E-state index < -0.39 is 9.84 Å². The zero-order valence-electron chi connectivity index (χ0n) is 12.1. The van der Waals surface area contributed by atoms with Crippen LogP contribution in [-0.4, -0.2) is 33.4 Å². The molecule has 1 aromatic carbocycles. The van der Waals surface area contributed by atoms with Crippen molar-refractivity contribution in [2.24, 2.45) is 0 Å². The smallest absolute Gasteiger partial charge is 0.181 e. The summed E-state index contributed by atoms with van der Waals surface area (Å²) in [6.45, 7) is 2.95. The Hall–Kier alpha value is -1.07. The highest BCUT2D eigenvalue weighted by Crippen LogP contribution is 2.29. The fraction of sp³-hybridized carbons (Fsp3) is 0.600. The molecule has 0 radical (unpaired) electrons. The van der Waals surface area contributed by atoms with Gasteiger partial charge in [0, 0.05) is 6.04 Å². The molecule has 1 aromatic rings. The van der Waals surface area contributed by atoms with Gasteiger partial charge in [0.1, 0.15) is 5.75 Å². The van der Waals surface area contributed by atoms with Gasteiger partial charge in [-0.2, -0.15) is 0 Å². The second-order valence-electron chi connectivity index (χ2n) is 5.26. The minimum absolute atomic E-state index is 0.270. The van der Waals surface area contributed by atoms with E-state index in [1.54, 1.807) is 31.4 Å². The molecule has 1 N–H and O–H groups in total. The third-order valence-corrected chi connectivity index (χ3v) is 6.18. The highest BCUT2D eigenvalue weighted by atomic mass is 32.2. The molecule has 112 valence electrons. The molecule has 20 heavy (non-hydrogen) atoms. The van der Waals surface area contributed by atoms with Gasteiger partial charge in [-0.25, -0.2) is 8.42 Å². The minimum atomic E-state index is -3.23. The second-order valence-corrected chi connectivity index (χ2v) is 7.49. The summed E-state index contributed by atoms with van der Waals surface area (Å²) < 4.78 is 30.4. The van der Waals surface area contributed by atoms with Crippen molar-refractivity contribution in [3.05, 3.63) is 24.3 Å². The molecule has 0 bridgehead atoms. The van der Waals surface area contributed by atoms with Crippen molar-refractivity contribution in [3.63, 3.8) is 0 Å². The molecule has 4 nitrogen and oxygen atoms in total. The molecule has 1 saturated carbocycles. The summed E-state index contributed by atoms with van der Waals surface area (Å²) >= 11 is 0. The monoisotopic (exact) mass is 297 g/mol. The molecule has 1 aliphatic carbocycles. The lowest BCUT2D eigenvalue weighted by Gasteiger charge is -2.29. The van der Waals surface area contributed by atoms with Gasteiger partial charge in [-0.05, 0) is 50.1 Å². The Bertz CT molecular complexity index is 523. The lowest BCUT2D eigenvalue weighted by Crippen LogP contribution is -2.38. The van der Waals surface area contributed by atoms with Gasteiger partial charge in [0.05, 0.1) is 17.3 Å². The van der Waals surface area contributed by atoms with Gasteiger partial charge >= 0.3 is 0 Å². The summed E-state index contributed by atoms with van der Waals surface area (Å²) in [7, 11) is -1.66. The Kier molecular flexibility index (Phi) is 5.05. The van der Waals surface area contributed by atoms with E-state index in [1.165, 1.54) is 0 Å². The fourth-order valence-electron chi connectivity index (χ4n) is 2.86. The van der Waals surface area contributed by atoms with Crippen LogP contribution in [0.5, 0.6) is 5.75 Å². The van der Waals surface area contributed by atoms with E-state index >= 15 is 0 Å². The Labute approximate surface area is 121 Å². The molecule has 1 aliphatic rings. The van der Waals surface area contributed by atoms with Crippen LogP contribution in [-0.2, 0) is 9.84 Å². The number of benzene rings is 1. The van der Waals surface area contributed by atoms with Crippen molar-refractivity contribution < 1.29 is 13.2 Å². The maximum atomic E-state index is 12.7. The molecule has 0 heterocycles. The van der Waals surface area contributed by atoms with Gasteiger partial charge in [0.25, 0.3) is 0 Å². The van der Waals surface area contributed by atoms with Crippen molar-refractivity contribution in [2.45, 2.75) is 48.8 Å². The van der Waals surface area contributed by atoms with Crippen LogP contribution in [0.4, 0.5) is 0 Å². The molecule has 2 unspecified atom stereocenters. The fourth-order valence-corrected chi connectivity index (χ4v) is 4.72. The standard InChI is InChI=1S/C15H23NO3S/c1-3-16-12-5-4-6-15(11-12)20(17,18)14-9-7-13(19-2)8-10-14/h7-10,12,15-16H,3-6,11H2,1-2H3. The first kappa shape index (κ1) is 15.3. The van der Waals surface area contributed by atoms with E-state index in [-0.39, 0.29) is 5.25 Å². The predicted molar refractivity (Wildman–Crippen MR) is 79.9 cm³/mol. The van der Waals surface area contributed by atoms with E-state index in [9.17, 15) is 8.42 Å². The lowest BCUT2D eigenvalue weighted by atomic mass is 9.95. The van der Waals surface area contributed by atoms with Crippen molar-refractivity contribution in [1.29, 1.82) is 0 Å². The highest BCUT2D eigenvalue weighted by molar-refractivity contribution is 7.92. The zero-order valence-corrected chi connectivity index (χ0v) is 12.9. The zero-order chi connectivity index (χ0) is 14.6. The quantitative estimate of drug-likeness (QED) is 0.906. The summed E-state index contributed by atoms with van der Waals surface area (Å²) in [6.07, 6.45) is 3.51. The van der Waals surface area contributed by atoms with Gasteiger partial charge in [0.2, 0.25) is 0 Å². The largest absolute Gasteiger partial charge is 0.497 e. The summed E-state index contributed by atoms with van der Waals surface area (Å²) in [5, 5.41) is 3.10. The summed E-state index contributed by atoms with van der Waals surface area (Å²) in [5.74, 6) is 0.679. The number of ether oxygens (including phenoxy) is 1. The number of rotatable bonds is 5. The van der Waals surface area contributed by atoms with Crippen LogP contribution in [0, 0.1) is 0 Å². The normalized spacial score (nSPS) is 23.5. The van der Waals surface area contributed by atoms with E-state index in [4.69, 9.17) is 4.74 Å². The van der Waals surface area contributed by atoms with Gasteiger partial charge in [0.15, 0.2) is 9.84 Å². The predicted octanol–water partition coefficient (Wildman–Crippen LogP) is 2.39. The average molecular weight is 297 g/mol. The van der Waals surface area contributed by atoms with Crippen molar-refractivity contribution >= 4 is 9.84 Å². The van der Waals surface area contributed by atoms with Crippen LogP contribution < -0.4 is 10.1 Å². The Morgan fingerprint density at radius 3 is 2.55 bits per heavy atom. The Morgan fingerprint density at radius 2 is 1.95 bits per heavy atom. The molecule has 0 spiro atoms. The highest BCUT2D eigenvalue weighted by Gasteiger charge is 2.32. The van der Waals surface area contributed by atoms with Crippen LogP contribution >= 0.6 is 0 Å². The molecular weight excluding hydrogens is 274 g/mol. The van der Waals surface area contributed by atoms with Crippen LogP contribution in [0.3, 0.4) is 0 Å². The molecule has 0 aromatic heterocycles. The number of sulfone groups is 1. The molecule has 2 atom stereocenters. The molecule has 0 aliphatic heterocycles. The van der Waals surface area contributed by atoms with Crippen LogP contribution in [0.15, 0.2) is 29.2 Å². The second kappa shape index (κ2) is 6.59. The van der Waals surface area contributed by atoms with E-state index in [0.717, 1.165) is 25.8 Å². The SMILES string of the molecule is CCNC1CCCC(S(=O)(=O)c2ccc(OC)cc2)C1. The molecule has 1 fully saturated rings. The first-order valence-electron chi connectivity index (χ1n) is 7.19. The number of methoxy groups -OCH3 is 1. The topological polar surface area (TPSA) is 55.4 Å². The van der Waals surface area contributed by atoms with Crippen molar-refractivity contribution in [2.75, 3.05) is 13.7 Å².